The first-order valence-electron chi connectivity index (χ1n) is 8.69. The Labute approximate surface area is 169 Å². The Bertz CT molecular complexity index is 926. The molecule has 0 aromatic heterocycles. The van der Waals surface area contributed by atoms with Crippen LogP contribution in [-0.2, 0) is 11.2 Å². The molecule has 3 rings (SSSR count). The lowest BCUT2D eigenvalue weighted by Gasteiger charge is -2.11. The van der Waals surface area contributed by atoms with Crippen molar-refractivity contribution >= 4 is 28.9 Å². The molecule has 1 amide bonds. The van der Waals surface area contributed by atoms with Crippen LogP contribution in [0.3, 0.4) is 0 Å². The highest BCUT2D eigenvalue weighted by atomic mass is 32.1. The van der Waals surface area contributed by atoms with Crippen LogP contribution in [0.4, 0.5) is 5.69 Å². The van der Waals surface area contributed by atoms with E-state index in [9.17, 15) is 4.79 Å². The van der Waals surface area contributed by atoms with Gasteiger partial charge in [0.1, 0.15) is 17.2 Å². The van der Waals surface area contributed by atoms with Crippen LogP contribution in [-0.4, -0.2) is 18.1 Å². The van der Waals surface area contributed by atoms with E-state index in [1.807, 2.05) is 78.9 Å². The third-order valence-electron chi connectivity index (χ3n) is 3.87. The minimum absolute atomic E-state index is 0.188. The van der Waals surface area contributed by atoms with Crippen LogP contribution < -0.4 is 20.1 Å². The predicted molar refractivity (Wildman–Crippen MR) is 114 cm³/mol. The van der Waals surface area contributed by atoms with Gasteiger partial charge in [-0.3, -0.25) is 4.79 Å². The molecule has 6 heteroatoms. The normalized spacial score (nSPS) is 10.0. The van der Waals surface area contributed by atoms with Gasteiger partial charge in [-0.15, -0.1) is 0 Å². The zero-order chi connectivity index (χ0) is 19.8. The van der Waals surface area contributed by atoms with Gasteiger partial charge in [-0.05, 0) is 66.3 Å². The second-order valence-corrected chi connectivity index (χ2v) is 6.37. The second-order valence-electron chi connectivity index (χ2n) is 5.97. The molecule has 0 heterocycles. The third kappa shape index (κ3) is 5.82. The van der Waals surface area contributed by atoms with Gasteiger partial charge in [0.05, 0.1) is 13.5 Å². The molecule has 0 bridgehead atoms. The summed E-state index contributed by atoms with van der Waals surface area (Å²) in [5.74, 6) is 2.04. The summed E-state index contributed by atoms with van der Waals surface area (Å²) >= 11 is 5.21. The lowest BCUT2D eigenvalue weighted by Crippen LogP contribution is -2.35. The fourth-order valence-corrected chi connectivity index (χ4v) is 2.72. The number of ether oxygens (including phenoxy) is 2. The van der Waals surface area contributed by atoms with Crippen molar-refractivity contribution in [1.82, 2.24) is 5.32 Å². The van der Waals surface area contributed by atoms with E-state index < -0.39 is 0 Å². The summed E-state index contributed by atoms with van der Waals surface area (Å²) in [7, 11) is 1.60. The average molecular weight is 392 g/mol. The van der Waals surface area contributed by atoms with Gasteiger partial charge in [-0.1, -0.05) is 30.3 Å². The maximum absolute atomic E-state index is 12.1. The zero-order valence-corrected chi connectivity index (χ0v) is 16.2. The Hall–Kier alpha value is -3.38. The Morgan fingerprint density at radius 2 is 1.46 bits per heavy atom. The molecular weight excluding hydrogens is 372 g/mol. The summed E-state index contributed by atoms with van der Waals surface area (Å²) in [6, 6.07) is 24.2. The fraction of sp³-hybridized carbons (Fsp3) is 0.0909. The monoisotopic (exact) mass is 392 g/mol. The molecule has 28 heavy (non-hydrogen) atoms. The molecule has 0 radical (unpaired) electrons. The van der Waals surface area contributed by atoms with Gasteiger partial charge in [0, 0.05) is 5.69 Å². The van der Waals surface area contributed by atoms with Gasteiger partial charge in [-0.25, -0.2) is 0 Å². The summed E-state index contributed by atoms with van der Waals surface area (Å²) in [6.07, 6.45) is 0.232. The smallest absolute Gasteiger partial charge is 0.230 e. The summed E-state index contributed by atoms with van der Waals surface area (Å²) in [5, 5.41) is 5.92. The van der Waals surface area contributed by atoms with Crippen LogP contribution in [0.5, 0.6) is 17.2 Å². The highest BCUT2D eigenvalue weighted by molar-refractivity contribution is 7.80. The SMILES string of the molecule is COc1ccc(CC(=O)NC(=S)Nc2ccc(Oc3ccccc3)cc2)cc1. The number of carbonyl (C=O) groups is 1. The Morgan fingerprint density at radius 3 is 2.11 bits per heavy atom. The Morgan fingerprint density at radius 1 is 0.857 bits per heavy atom. The van der Waals surface area contributed by atoms with E-state index in [4.69, 9.17) is 21.7 Å². The molecule has 0 aliphatic carbocycles. The van der Waals surface area contributed by atoms with Gasteiger partial charge in [-0.2, -0.15) is 0 Å². The summed E-state index contributed by atoms with van der Waals surface area (Å²) in [5.41, 5.74) is 1.64. The van der Waals surface area contributed by atoms with Crippen molar-refractivity contribution in [1.29, 1.82) is 0 Å². The van der Waals surface area contributed by atoms with Gasteiger partial charge in [0.15, 0.2) is 5.11 Å². The Balaban J connectivity index is 1.49. The number of hydrogen-bond acceptors (Lipinski definition) is 4. The summed E-state index contributed by atoms with van der Waals surface area (Å²) in [4.78, 5) is 12.1. The number of nitrogens with one attached hydrogen (secondary N) is 2. The maximum Gasteiger partial charge on any atom is 0.230 e. The number of para-hydroxylation sites is 1. The first kappa shape index (κ1) is 19.4. The topological polar surface area (TPSA) is 59.6 Å². The van der Waals surface area contributed by atoms with E-state index >= 15 is 0 Å². The highest BCUT2D eigenvalue weighted by Gasteiger charge is 2.07. The second kappa shape index (κ2) is 9.53. The molecule has 0 aliphatic heterocycles. The van der Waals surface area contributed by atoms with Crippen molar-refractivity contribution in [3.05, 3.63) is 84.4 Å². The van der Waals surface area contributed by atoms with Crippen LogP contribution in [0.15, 0.2) is 78.9 Å². The van der Waals surface area contributed by atoms with E-state index in [0.29, 0.717) is 5.75 Å². The lowest BCUT2D eigenvalue weighted by molar-refractivity contribution is -0.119. The first-order valence-corrected chi connectivity index (χ1v) is 9.10. The van der Waals surface area contributed by atoms with Crippen LogP contribution in [0.1, 0.15) is 5.56 Å². The molecule has 0 fully saturated rings. The van der Waals surface area contributed by atoms with Crippen molar-refractivity contribution in [2.24, 2.45) is 0 Å². The molecule has 5 nitrogen and oxygen atoms in total. The van der Waals surface area contributed by atoms with Crippen LogP contribution >= 0.6 is 12.2 Å². The van der Waals surface area contributed by atoms with Crippen molar-refractivity contribution in [2.75, 3.05) is 12.4 Å². The number of benzene rings is 3. The van der Waals surface area contributed by atoms with E-state index in [-0.39, 0.29) is 17.4 Å². The van der Waals surface area contributed by atoms with Gasteiger partial charge >= 0.3 is 0 Å². The fourth-order valence-electron chi connectivity index (χ4n) is 2.49. The quantitative estimate of drug-likeness (QED) is 0.603. The standard InChI is InChI=1S/C22H20N2O3S/c1-26-18-11-7-16(8-12-18)15-21(25)24-22(28)23-17-9-13-20(14-10-17)27-19-5-3-2-4-6-19/h2-14H,15H2,1H3,(H2,23,24,25,28). The summed E-state index contributed by atoms with van der Waals surface area (Å²) < 4.78 is 10.9. The average Bonchev–Trinajstić information content (AvgIpc) is 2.70. The maximum atomic E-state index is 12.1. The molecule has 2 N–H and O–H groups in total. The molecule has 0 saturated heterocycles. The van der Waals surface area contributed by atoms with E-state index in [1.165, 1.54) is 0 Å². The molecule has 142 valence electrons. The van der Waals surface area contributed by atoms with Gasteiger partial charge in [0.25, 0.3) is 0 Å². The van der Waals surface area contributed by atoms with Crippen molar-refractivity contribution in [3.8, 4) is 17.2 Å². The van der Waals surface area contributed by atoms with Crippen LogP contribution in [0.2, 0.25) is 0 Å². The van der Waals surface area contributed by atoms with Crippen LogP contribution in [0.25, 0.3) is 0 Å². The minimum atomic E-state index is -0.188. The predicted octanol–water partition coefficient (Wildman–Crippen LogP) is 4.54. The number of rotatable bonds is 6. The molecule has 0 saturated carbocycles. The molecule has 0 unspecified atom stereocenters. The molecule has 0 atom stereocenters. The number of carbonyl (C=O) groups excluding carboxylic acids is 1. The number of anilines is 1. The largest absolute Gasteiger partial charge is 0.497 e. The van der Waals surface area contributed by atoms with E-state index in [1.54, 1.807) is 7.11 Å². The summed E-state index contributed by atoms with van der Waals surface area (Å²) in [6.45, 7) is 0. The minimum Gasteiger partial charge on any atom is -0.497 e. The number of hydrogen-bond donors (Lipinski definition) is 2. The zero-order valence-electron chi connectivity index (χ0n) is 15.3. The molecule has 3 aromatic rings. The third-order valence-corrected chi connectivity index (χ3v) is 4.07. The number of thiocarbonyl (C=S) groups is 1. The molecular formula is C22H20N2O3S. The lowest BCUT2D eigenvalue weighted by atomic mass is 10.1. The van der Waals surface area contributed by atoms with Gasteiger partial charge in [0.2, 0.25) is 5.91 Å². The molecule has 0 aliphatic rings. The number of amides is 1. The number of methoxy groups -OCH3 is 1. The first-order chi connectivity index (χ1) is 13.6. The molecule has 3 aromatic carbocycles. The van der Waals surface area contributed by atoms with Crippen molar-refractivity contribution in [2.45, 2.75) is 6.42 Å². The van der Waals surface area contributed by atoms with Crippen molar-refractivity contribution in [3.63, 3.8) is 0 Å². The van der Waals surface area contributed by atoms with E-state index in [2.05, 4.69) is 10.6 Å². The molecule has 0 spiro atoms. The Kier molecular flexibility index (Phi) is 6.59. The van der Waals surface area contributed by atoms with Crippen LogP contribution in [0, 0.1) is 0 Å². The van der Waals surface area contributed by atoms with E-state index in [0.717, 1.165) is 22.7 Å². The van der Waals surface area contributed by atoms with Crippen molar-refractivity contribution < 1.29 is 14.3 Å². The highest BCUT2D eigenvalue weighted by Crippen LogP contribution is 2.22. The van der Waals surface area contributed by atoms with Gasteiger partial charge < -0.3 is 20.1 Å².